The van der Waals surface area contributed by atoms with Gasteiger partial charge in [0.15, 0.2) is 0 Å². The van der Waals surface area contributed by atoms with Crippen molar-refractivity contribution in [2.45, 2.75) is 12.8 Å². The van der Waals surface area contributed by atoms with Crippen molar-refractivity contribution in [3.8, 4) is 0 Å². The first-order chi connectivity index (χ1) is 8.81. The highest BCUT2D eigenvalue weighted by molar-refractivity contribution is 5.72. The zero-order valence-electron chi connectivity index (χ0n) is 11.2. The monoisotopic (exact) mass is 256 g/mol. The number of carbonyl (C=O) groups excluding carboxylic acids is 1. The van der Waals surface area contributed by atoms with Crippen LogP contribution >= 0.6 is 0 Å². The number of piperazine rings is 1. The van der Waals surface area contributed by atoms with Crippen LogP contribution in [0.4, 0.5) is 0 Å². The molecule has 2 rings (SSSR count). The van der Waals surface area contributed by atoms with E-state index in [0.29, 0.717) is 5.92 Å². The molecule has 2 saturated heterocycles. The van der Waals surface area contributed by atoms with E-state index in [9.17, 15) is 4.79 Å². The number of esters is 1. The average molecular weight is 256 g/mol. The highest BCUT2D eigenvalue weighted by Crippen LogP contribution is 2.25. The van der Waals surface area contributed by atoms with Crippen LogP contribution in [0, 0.1) is 11.8 Å². The van der Waals surface area contributed by atoms with Crippen molar-refractivity contribution < 1.29 is 14.3 Å². The van der Waals surface area contributed by atoms with Crippen LogP contribution in [0.25, 0.3) is 0 Å². The Bertz CT molecular complexity index is 261. The van der Waals surface area contributed by atoms with Crippen molar-refractivity contribution in [2.75, 3.05) is 53.0 Å². The molecule has 2 aliphatic rings. The minimum absolute atomic E-state index is 0.0111. The van der Waals surface area contributed by atoms with Crippen LogP contribution in [0.15, 0.2) is 0 Å². The summed E-state index contributed by atoms with van der Waals surface area (Å²) >= 11 is 0. The van der Waals surface area contributed by atoms with Crippen molar-refractivity contribution >= 4 is 5.97 Å². The smallest absolute Gasteiger partial charge is 0.310 e. The van der Waals surface area contributed by atoms with Gasteiger partial charge in [-0.2, -0.15) is 0 Å². The predicted molar refractivity (Wildman–Crippen MR) is 68.4 cm³/mol. The number of ether oxygens (including phenoxy) is 2. The molecule has 1 atom stereocenters. The van der Waals surface area contributed by atoms with Gasteiger partial charge < -0.3 is 14.8 Å². The van der Waals surface area contributed by atoms with Gasteiger partial charge in [-0.25, -0.2) is 0 Å². The molecule has 0 saturated carbocycles. The summed E-state index contributed by atoms with van der Waals surface area (Å²) in [5.74, 6) is 0.374. The number of carbonyl (C=O) groups is 1. The first-order valence-corrected chi connectivity index (χ1v) is 6.90. The maximum atomic E-state index is 12.0. The molecule has 0 spiro atoms. The number of nitrogens with one attached hydrogen (secondary N) is 1. The zero-order chi connectivity index (χ0) is 12.8. The molecule has 1 unspecified atom stereocenters. The second-order valence-electron chi connectivity index (χ2n) is 5.13. The number of hydrogen-bond donors (Lipinski definition) is 1. The largest absolute Gasteiger partial charge is 0.469 e. The standard InChI is InChI=1S/C13H24N2O3/c1-17-13(16)12(11-2-8-18-9-3-11)10-15-6-4-14-5-7-15/h11-12,14H,2-10H2,1H3. The molecule has 1 N–H and O–H groups in total. The van der Waals surface area contributed by atoms with Gasteiger partial charge in [0.1, 0.15) is 0 Å². The molecule has 2 aliphatic heterocycles. The van der Waals surface area contributed by atoms with Crippen LogP contribution in [0.3, 0.4) is 0 Å². The predicted octanol–water partition coefficient (Wildman–Crippen LogP) is 0.107. The van der Waals surface area contributed by atoms with E-state index >= 15 is 0 Å². The lowest BCUT2D eigenvalue weighted by atomic mass is 9.85. The Labute approximate surface area is 109 Å². The Kier molecular flexibility index (Phi) is 5.41. The highest BCUT2D eigenvalue weighted by atomic mass is 16.5. The van der Waals surface area contributed by atoms with E-state index in [-0.39, 0.29) is 11.9 Å². The molecule has 0 bridgehead atoms. The average Bonchev–Trinajstić information content (AvgIpc) is 2.46. The first kappa shape index (κ1) is 13.8. The summed E-state index contributed by atoms with van der Waals surface area (Å²) in [4.78, 5) is 14.3. The molecule has 5 heteroatoms. The van der Waals surface area contributed by atoms with Crippen molar-refractivity contribution in [1.82, 2.24) is 10.2 Å². The second-order valence-corrected chi connectivity index (χ2v) is 5.13. The van der Waals surface area contributed by atoms with E-state index in [1.807, 2.05) is 0 Å². The van der Waals surface area contributed by atoms with E-state index in [4.69, 9.17) is 9.47 Å². The number of nitrogens with zero attached hydrogens (tertiary/aromatic N) is 1. The van der Waals surface area contributed by atoms with Crippen LogP contribution in [0.5, 0.6) is 0 Å². The first-order valence-electron chi connectivity index (χ1n) is 6.90. The zero-order valence-corrected chi connectivity index (χ0v) is 11.2. The molecule has 0 radical (unpaired) electrons. The van der Waals surface area contributed by atoms with Gasteiger partial charge in [-0.05, 0) is 18.8 Å². The van der Waals surface area contributed by atoms with Crippen molar-refractivity contribution in [3.05, 3.63) is 0 Å². The van der Waals surface area contributed by atoms with Crippen LogP contribution in [0.2, 0.25) is 0 Å². The lowest BCUT2D eigenvalue weighted by Crippen LogP contribution is -2.48. The fraction of sp³-hybridized carbons (Fsp3) is 0.923. The van der Waals surface area contributed by atoms with Gasteiger partial charge in [-0.3, -0.25) is 9.69 Å². The summed E-state index contributed by atoms with van der Waals surface area (Å²) in [6.45, 7) is 6.47. The normalized spacial score (nSPS) is 24.7. The molecule has 0 aromatic heterocycles. The third-order valence-corrected chi connectivity index (χ3v) is 4.00. The third-order valence-electron chi connectivity index (χ3n) is 4.00. The molecule has 0 aromatic carbocycles. The molecule has 0 aliphatic carbocycles. The Morgan fingerprint density at radius 2 is 2.06 bits per heavy atom. The summed E-state index contributed by atoms with van der Waals surface area (Å²) in [6.07, 6.45) is 1.96. The molecular formula is C13H24N2O3. The van der Waals surface area contributed by atoms with Gasteiger partial charge in [0, 0.05) is 45.9 Å². The molecule has 5 nitrogen and oxygen atoms in total. The summed E-state index contributed by atoms with van der Waals surface area (Å²) in [5, 5.41) is 3.33. The maximum absolute atomic E-state index is 12.0. The SMILES string of the molecule is COC(=O)C(CN1CCNCC1)C1CCOCC1. The van der Waals surface area contributed by atoms with Gasteiger partial charge in [-0.15, -0.1) is 0 Å². The Morgan fingerprint density at radius 3 is 2.67 bits per heavy atom. The lowest BCUT2D eigenvalue weighted by molar-refractivity contribution is -0.149. The summed E-state index contributed by atoms with van der Waals surface area (Å²) < 4.78 is 10.4. The van der Waals surface area contributed by atoms with E-state index < -0.39 is 0 Å². The molecule has 0 aromatic rings. The second kappa shape index (κ2) is 7.07. The number of methoxy groups -OCH3 is 1. The van der Waals surface area contributed by atoms with Gasteiger partial charge in [-0.1, -0.05) is 0 Å². The van der Waals surface area contributed by atoms with Crippen LogP contribution in [-0.4, -0.2) is 63.9 Å². The maximum Gasteiger partial charge on any atom is 0.310 e. The summed E-state index contributed by atoms with van der Waals surface area (Å²) in [7, 11) is 1.49. The Morgan fingerprint density at radius 1 is 1.39 bits per heavy atom. The van der Waals surface area contributed by atoms with Crippen molar-refractivity contribution in [1.29, 1.82) is 0 Å². The van der Waals surface area contributed by atoms with Crippen LogP contribution < -0.4 is 5.32 Å². The summed E-state index contributed by atoms with van der Waals surface area (Å²) in [5.41, 5.74) is 0. The molecule has 18 heavy (non-hydrogen) atoms. The topological polar surface area (TPSA) is 50.8 Å². The van der Waals surface area contributed by atoms with Gasteiger partial charge in [0.2, 0.25) is 0 Å². The molecule has 0 amide bonds. The fourth-order valence-corrected chi connectivity index (χ4v) is 2.86. The minimum atomic E-state index is -0.0552. The highest BCUT2D eigenvalue weighted by Gasteiger charge is 2.32. The Balaban J connectivity index is 1.92. The van der Waals surface area contributed by atoms with Crippen molar-refractivity contribution in [2.24, 2.45) is 11.8 Å². The van der Waals surface area contributed by atoms with Gasteiger partial charge in [0.25, 0.3) is 0 Å². The summed E-state index contributed by atoms with van der Waals surface area (Å²) in [6, 6.07) is 0. The van der Waals surface area contributed by atoms with E-state index in [1.165, 1.54) is 7.11 Å². The van der Waals surface area contributed by atoms with E-state index in [2.05, 4.69) is 10.2 Å². The molecule has 2 fully saturated rings. The van der Waals surface area contributed by atoms with Gasteiger partial charge >= 0.3 is 5.97 Å². The molecular weight excluding hydrogens is 232 g/mol. The van der Waals surface area contributed by atoms with E-state index in [0.717, 1.165) is 58.8 Å². The third kappa shape index (κ3) is 3.67. The Hall–Kier alpha value is -0.650. The van der Waals surface area contributed by atoms with Crippen LogP contribution in [-0.2, 0) is 14.3 Å². The van der Waals surface area contributed by atoms with E-state index in [1.54, 1.807) is 0 Å². The quantitative estimate of drug-likeness (QED) is 0.723. The van der Waals surface area contributed by atoms with Gasteiger partial charge in [0.05, 0.1) is 13.0 Å². The lowest BCUT2D eigenvalue weighted by Gasteiger charge is -2.34. The number of rotatable bonds is 4. The number of hydrogen-bond acceptors (Lipinski definition) is 5. The minimum Gasteiger partial charge on any atom is -0.469 e. The van der Waals surface area contributed by atoms with Crippen molar-refractivity contribution in [3.63, 3.8) is 0 Å². The molecule has 2 heterocycles. The molecule has 104 valence electrons. The van der Waals surface area contributed by atoms with Crippen LogP contribution in [0.1, 0.15) is 12.8 Å². The fourth-order valence-electron chi connectivity index (χ4n) is 2.86.